The van der Waals surface area contributed by atoms with E-state index in [4.69, 9.17) is 4.74 Å². The lowest BCUT2D eigenvalue weighted by Crippen LogP contribution is -2.39. The van der Waals surface area contributed by atoms with Gasteiger partial charge in [0.25, 0.3) is 0 Å². The zero-order valence-corrected chi connectivity index (χ0v) is 15.4. The van der Waals surface area contributed by atoms with Crippen molar-refractivity contribution in [2.45, 2.75) is 18.3 Å². The number of anilines is 2. The molecule has 0 spiro atoms. The van der Waals surface area contributed by atoms with Gasteiger partial charge in [-0.15, -0.1) is 12.4 Å². The molecule has 3 N–H and O–H groups in total. The van der Waals surface area contributed by atoms with Crippen LogP contribution in [0.5, 0.6) is 5.75 Å². The summed E-state index contributed by atoms with van der Waals surface area (Å²) in [6.07, 6.45) is 1.16. The van der Waals surface area contributed by atoms with Gasteiger partial charge in [0.1, 0.15) is 11.5 Å². The van der Waals surface area contributed by atoms with Crippen LogP contribution >= 0.6 is 23.2 Å². The van der Waals surface area contributed by atoms with Crippen LogP contribution in [-0.2, 0) is 0 Å². The molecular weight excluding hydrogens is 367 g/mol. The van der Waals surface area contributed by atoms with Gasteiger partial charge in [-0.05, 0) is 44.3 Å². The molecule has 1 heterocycles. The van der Waals surface area contributed by atoms with E-state index in [0.717, 1.165) is 6.54 Å². The maximum absolute atomic E-state index is 13.6. The van der Waals surface area contributed by atoms with Crippen LogP contribution in [0.25, 0.3) is 0 Å². The lowest BCUT2D eigenvalue weighted by atomic mass is 10.2. The fourth-order valence-corrected chi connectivity index (χ4v) is 4.56. The molecule has 2 aromatic carbocycles. The Morgan fingerprint density at radius 2 is 1.92 bits per heavy atom. The molecule has 5 nitrogen and oxygen atoms in total. The van der Waals surface area contributed by atoms with E-state index in [-0.39, 0.29) is 12.4 Å². The molecule has 25 heavy (non-hydrogen) atoms. The van der Waals surface area contributed by atoms with Crippen LogP contribution in [-0.4, -0.2) is 28.1 Å². The predicted octanol–water partition coefficient (Wildman–Crippen LogP) is 4.77. The van der Waals surface area contributed by atoms with Gasteiger partial charge in [0.05, 0.1) is 5.69 Å². The highest BCUT2D eigenvalue weighted by Crippen LogP contribution is 2.61. The van der Waals surface area contributed by atoms with Crippen molar-refractivity contribution in [2.75, 3.05) is 17.9 Å². The first-order valence-electron chi connectivity index (χ1n) is 7.77. The van der Waals surface area contributed by atoms with Crippen molar-refractivity contribution >= 4 is 34.6 Å². The minimum absolute atomic E-state index is 0. The number of para-hydroxylation sites is 1. The SMILES string of the molecule is CNCCCC1Oc2cc(F)ccc2N(c2ccccc2)S1(O)O.Cl. The van der Waals surface area contributed by atoms with Crippen molar-refractivity contribution in [1.29, 1.82) is 0 Å². The van der Waals surface area contributed by atoms with Crippen molar-refractivity contribution in [1.82, 2.24) is 5.32 Å². The summed E-state index contributed by atoms with van der Waals surface area (Å²) in [5, 5.41) is 3.02. The summed E-state index contributed by atoms with van der Waals surface area (Å²) < 4.78 is 42.6. The number of nitrogens with one attached hydrogen (secondary N) is 1. The van der Waals surface area contributed by atoms with Gasteiger partial charge in [-0.3, -0.25) is 9.11 Å². The lowest BCUT2D eigenvalue weighted by Gasteiger charge is -2.51. The Morgan fingerprint density at radius 1 is 1.20 bits per heavy atom. The normalized spacial score (nSPS) is 19.4. The quantitative estimate of drug-likeness (QED) is 0.644. The molecule has 1 atom stereocenters. The minimum atomic E-state index is -3.26. The zero-order valence-electron chi connectivity index (χ0n) is 13.8. The predicted molar refractivity (Wildman–Crippen MR) is 103 cm³/mol. The maximum atomic E-state index is 13.6. The van der Waals surface area contributed by atoms with E-state index < -0.39 is 22.0 Å². The molecule has 0 radical (unpaired) electrons. The molecule has 0 saturated carbocycles. The smallest absolute Gasteiger partial charge is 0.206 e. The van der Waals surface area contributed by atoms with Gasteiger partial charge in [0.15, 0.2) is 5.75 Å². The van der Waals surface area contributed by atoms with Crippen molar-refractivity contribution in [3.05, 3.63) is 54.3 Å². The van der Waals surface area contributed by atoms with E-state index in [1.54, 1.807) is 12.1 Å². The molecule has 0 aromatic heterocycles. The summed E-state index contributed by atoms with van der Waals surface area (Å²) in [7, 11) is -1.43. The molecule has 0 amide bonds. The maximum Gasteiger partial charge on any atom is 0.206 e. The van der Waals surface area contributed by atoms with Gasteiger partial charge in [0.2, 0.25) is 5.44 Å². The highest BCUT2D eigenvalue weighted by molar-refractivity contribution is 8.26. The fraction of sp³-hybridized carbons (Fsp3) is 0.294. The lowest BCUT2D eigenvalue weighted by molar-refractivity contribution is 0.235. The number of hydrogen-bond acceptors (Lipinski definition) is 5. The Kier molecular flexibility index (Phi) is 6.53. The summed E-state index contributed by atoms with van der Waals surface area (Å²) in [4.78, 5) is 0. The Bertz CT molecular complexity index is 706. The van der Waals surface area contributed by atoms with E-state index >= 15 is 0 Å². The number of rotatable bonds is 5. The highest BCUT2D eigenvalue weighted by Gasteiger charge is 2.41. The zero-order chi connectivity index (χ0) is 17.2. The van der Waals surface area contributed by atoms with Gasteiger partial charge in [-0.2, -0.15) is 0 Å². The van der Waals surface area contributed by atoms with Crippen LogP contribution < -0.4 is 14.4 Å². The Balaban J connectivity index is 0.00000225. The second-order valence-electron chi connectivity index (χ2n) is 5.60. The van der Waals surface area contributed by atoms with Crippen LogP contribution in [0, 0.1) is 5.82 Å². The number of ether oxygens (including phenoxy) is 1. The van der Waals surface area contributed by atoms with Crippen molar-refractivity contribution in [3.8, 4) is 5.75 Å². The largest absolute Gasteiger partial charge is 0.466 e. The molecule has 0 fully saturated rings. The van der Waals surface area contributed by atoms with Gasteiger partial charge in [-0.25, -0.2) is 8.70 Å². The van der Waals surface area contributed by atoms with E-state index in [1.165, 1.54) is 22.5 Å². The van der Waals surface area contributed by atoms with E-state index in [0.29, 0.717) is 30.0 Å². The highest BCUT2D eigenvalue weighted by atomic mass is 35.5. The molecule has 1 aliphatic rings. The Morgan fingerprint density at radius 3 is 2.60 bits per heavy atom. The standard InChI is InChI=1S/C17H21FN2O3S.ClH/c1-19-11-5-8-17-23-16-12-13(18)9-10-15(16)20(24(17,21)22)14-6-3-2-4-7-14;/h2-4,6-7,9-10,12,17,19,21-22H,5,8,11H2,1H3;1H. The second-order valence-corrected chi connectivity index (χ2v) is 7.61. The average molecular weight is 389 g/mol. The van der Waals surface area contributed by atoms with Crippen molar-refractivity contribution < 1.29 is 18.2 Å². The second kappa shape index (κ2) is 8.25. The van der Waals surface area contributed by atoms with Gasteiger partial charge < -0.3 is 10.1 Å². The van der Waals surface area contributed by atoms with E-state index in [1.807, 2.05) is 25.2 Å². The summed E-state index contributed by atoms with van der Waals surface area (Å²) in [5.74, 6) is -0.103. The molecule has 1 unspecified atom stereocenters. The Labute approximate surface area is 154 Å². The van der Waals surface area contributed by atoms with Crippen LogP contribution in [0.3, 0.4) is 0 Å². The van der Waals surface area contributed by atoms with Crippen LogP contribution in [0.2, 0.25) is 0 Å². The summed E-state index contributed by atoms with van der Waals surface area (Å²) in [5.41, 5.74) is 0.264. The third-order valence-electron chi connectivity index (χ3n) is 3.88. The molecule has 8 heteroatoms. The van der Waals surface area contributed by atoms with Crippen molar-refractivity contribution in [2.24, 2.45) is 0 Å². The number of halogens is 2. The van der Waals surface area contributed by atoms with Crippen LogP contribution in [0.1, 0.15) is 12.8 Å². The molecule has 0 aliphatic carbocycles. The number of benzene rings is 2. The van der Waals surface area contributed by atoms with Crippen LogP contribution in [0.4, 0.5) is 15.8 Å². The third kappa shape index (κ3) is 4.02. The average Bonchev–Trinajstić information content (AvgIpc) is 2.56. The fourth-order valence-electron chi connectivity index (χ4n) is 2.74. The first-order valence-corrected chi connectivity index (χ1v) is 9.34. The monoisotopic (exact) mass is 388 g/mol. The molecule has 0 saturated heterocycles. The summed E-state index contributed by atoms with van der Waals surface area (Å²) in [6, 6.07) is 13.1. The molecule has 138 valence electrons. The minimum Gasteiger partial charge on any atom is -0.466 e. The van der Waals surface area contributed by atoms with Crippen molar-refractivity contribution in [3.63, 3.8) is 0 Å². The topological polar surface area (TPSA) is 65.0 Å². The van der Waals surface area contributed by atoms with Gasteiger partial charge in [0, 0.05) is 12.5 Å². The van der Waals surface area contributed by atoms with E-state index in [2.05, 4.69) is 5.32 Å². The number of hydrogen-bond donors (Lipinski definition) is 3. The first kappa shape index (κ1) is 19.8. The van der Waals surface area contributed by atoms with Gasteiger partial charge >= 0.3 is 0 Å². The van der Waals surface area contributed by atoms with E-state index in [9.17, 15) is 13.5 Å². The van der Waals surface area contributed by atoms with Gasteiger partial charge in [-0.1, -0.05) is 29.0 Å². The molecule has 2 aromatic rings. The summed E-state index contributed by atoms with van der Waals surface area (Å²) >= 11 is 0. The number of fused-ring (bicyclic) bond motifs is 1. The third-order valence-corrected chi connectivity index (χ3v) is 5.86. The van der Waals surface area contributed by atoms with Crippen LogP contribution in [0.15, 0.2) is 48.5 Å². The number of nitrogens with zero attached hydrogens (tertiary/aromatic N) is 1. The summed E-state index contributed by atoms with van der Waals surface area (Å²) in [6.45, 7) is 0.733. The molecular formula is C17H22ClFN2O3S. The molecule has 0 bridgehead atoms. The first-order chi connectivity index (χ1) is 11.5. The molecule has 3 rings (SSSR count). The molecule has 1 aliphatic heterocycles. The Hall–Kier alpha value is -1.51.